The smallest absolute Gasteiger partial charge is 0.0592 e. The third-order valence-corrected chi connectivity index (χ3v) is 2.63. The lowest BCUT2D eigenvalue weighted by Crippen LogP contribution is -1.81. The van der Waals surface area contributed by atoms with Crippen LogP contribution in [0.3, 0.4) is 0 Å². The van der Waals surface area contributed by atoms with Crippen LogP contribution in [0.25, 0.3) is 16.3 Å². The summed E-state index contributed by atoms with van der Waals surface area (Å²) in [5.74, 6) is 0. The first-order valence-corrected chi connectivity index (χ1v) is 4.87. The molecule has 68 valence electrons. The Hall–Kier alpha value is -1.47. The number of hydrogen-bond donors (Lipinski definition) is 0. The second-order valence-corrected chi connectivity index (χ2v) is 3.83. The van der Waals surface area contributed by atoms with Gasteiger partial charge in [0.05, 0.1) is 5.02 Å². The molecule has 1 nitrogen and oxygen atoms in total. The fourth-order valence-corrected chi connectivity index (χ4v) is 1.97. The summed E-state index contributed by atoms with van der Waals surface area (Å²) in [7, 11) is 0. The zero-order valence-corrected chi connectivity index (χ0v) is 8.20. The van der Waals surface area contributed by atoms with Crippen molar-refractivity contribution < 1.29 is 0 Å². The molecule has 0 aliphatic carbocycles. The van der Waals surface area contributed by atoms with Crippen molar-refractivity contribution in [1.82, 2.24) is 4.40 Å². The van der Waals surface area contributed by atoms with Gasteiger partial charge in [-0.1, -0.05) is 35.9 Å². The summed E-state index contributed by atoms with van der Waals surface area (Å²) in [5.41, 5.74) is 1.13. The molecule has 0 spiro atoms. The van der Waals surface area contributed by atoms with Gasteiger partial charge in [0, 0.05) is 17.9 Å². The molecule has 0 aliphatic heterocycles. The van der Waals surface area contributed by atoms with Crippen LogP contribution in [-0.4, -0.2) is 4.40 Å². The fourth-order valence-electron chi connectivity index (χ4n) is 1.76. The lowest BCUT2D eigenvalue weighted by atomic mass is 10.2. The van der Waals surface area contributed by atoms with Crippen LogP contribution < -0.4 is 0 Å². The molecule has 1 aromatic carbocycles. The van der Waals surface area contributed by atoms with Gasteiger partial charge in [-0.3, -0.25) is 0 Å². The highest BCUT2D eigenvalue weighted by atomic mass is 35.5. The monoisotopic (exact) mass is 201 g/mol. The van der Waals surface area contributed by atoms with Crippen molar-refractivity contribution in [3.63, 3.8) is 0 Å². The van der Waals surface area contributed by atoms with E-state index in [0.717, 1.165) is 10.5 Å². The highest BCUT2D eigenvalue weighted by Gasteiger charge is 1.98. The van der Waals surface area contributed by atoms with Gasteiger partial charge in [0.25, 0.3) is 0 Å². The maximum atomic E-state index is 5.93. The van der Waals surface area contributed by atoms with Gasteiger partial charge >= 0.3 is 0 Å². The van der Waals surface area contributed by atoms with Crippen LogP contribution in [0.5, 0.6) is 0 Å². The van der Waals surface area contributed by atoms with E-state index in [9.17, 15) is 0 Å². The molecule has 2 aromatic heterocycles. The van der Waals surface area contributed by atoms with Crippen LogP contribution in [0.1, 0.15) is 0 Å². The molecule has 2 heteroatoms. The largest absolute Gasteiger partial charge is 0.322 e. The zero-order valence-electron chi connectivity index (χ0n) is 7.44. The van der Waals surface area contributed by atoms with Crippen molar-refractivity contribution in [2.45, 2.75) is 0 Å². The van der Waals surface area contributed by atoms with Crippen molar-refractivity contribution in [2.75, 3.05) is 0 Å². The van der Waals surface area contributed by atoms with E-state index in [-0.39, 0.29) is 0 Å². The molecule has 3 aromatic rings. The highest BCUT2D eigenvalue weighted by molar-refractivity contribution is 6.31. The Morgan fingerprint density at radius 2 is 1.71 bits per heavy atom. The van der Waals surface area contributed by atoms with Crippen molar-refractivity contribution in [2.24, 2.45) is 0 Å². The molecular formula is C12H8ClN. The predicted octanol–water partition coefficient (Wildman–Crippen LogP) is 3.75. The molecule has 0 saturated heterocycles. The van der Waals surface area contributed by atoms with Crippen LogP contribution in [0.4, 0.5) is 0 Å². The van der Waals surface area contributed by atoms with Gasteiger partial charge in [-0.25, -0.2) is 0 Å². The van der Waals surface area contributed by atoms with E-state index in [4.69, 9.17) is 11.6 Å². The molecule has 0 N–H and O–H groups in total. The Labute approximate surface area is 86.5 Å². The van der Waals surface area contributed by atoms with Gasteiger partial charge in [-0.2, -0.15) is 0 Å². The summed E-state index contributed by atoms with van der Waals surface area (Å²) in [6.45, 7) is 0. The first-order valence-electron chi connectivity index (χ1n) is 4.49. The molecule has 14 heavy (non-hydrogen) atoms. The van der Waals surface area contributed by atoms with E-state index in [1.807, 2.05) is 28.8 Å². The van der Waals surface area contributed by atoms with E-state index in [0.29, 0.717) is 0 Å². The van der Waals surface area contributed by atoms with Crippen LogP contribution in [0.15, 0.2) is 48.8 Å². The van der Waals surface area contributed by atoms with Gasteiger partial charge < -0.3 is 4.40 Å². The minimum absolute atomic E-state index is 0.778. The Kier molecular flexibility index (Phi) is 1.55. The number of aromatic nitrogens is 1. The Balaban J connectivity index is 2.51. The van der Waals surface area contributed by atoms with Crippen molar-refractivity contribution in [3.05, 3.63) is 53.8 Å². The van der Waals surface area contributed by atoms with Crippen molar-refractivity contribution in [1.29, 1.82) is 0 Å². The molecule has 0 fully saturated rings. The van der Waals surface area contributed by atoms with E-state index in [1.165, 1.54) is 10.8 Å². The van der Waals surface area contributed by atoms with Gasteiger partial charge in [0.2, 0.25) is 0 Å². The number of rotatable bonds is 0. The topological polar surface area (TPSA) is 4.41 Å². The SMILES string of the molecule is Clc1cc2cc3ccccc3cn2c1. The first-order chi connectivity index (χ1) is 6.83. The summed E-state index contributed by atoms with van der Waals surface area (Å²) in [5, 5.41) is 3.25. The van der Waals surface area contributed by atoms with Gasteiger partial charge in [0.1, 0.15) is 0 Å². The zero-order chi connectivity index (χ0) is 9.54. The number of fused-ring (bicyclic) bond motifs is 2. The Bertz CT molecular complexity index is 557. The summed E-state index contributed by atoms with van der Waals surface area (Å²) in [4.78, 5) is 0. The highest BCUT2D eigenvalue weighted by Crippen LogP contribution is 2.20. The number of nitrogens with zero attached hydrogens (tertiary/aromatic N) is 1. The van der Waals surface area contributed by atoms with E-state index in [1.54, 1.807) is 0 Å². The Morgan fingerprint density at radius 3 is 2.57 bits per heavy atom. The molecule has 2 heterocycles. The van der Waals surface area contributed by atoms with Gasteiger partial charge in [-0.15, -0.1) is 0 Å². The van der Waals surface area contributed by atoms with Crippen LogP contribution in [0.2, 0.25) is 5.02 Å². The maximum absolute atomic E-state index is 5.93. The number of benzene rings is 1. The molecule has 3 rings (SSSR count). The third-order valence-electron chi connectivity index (χ3n) is 2.42. The minimum Gasteiger partial charge on any atom is -0.322 e. The van der Waals surface area contributed by atoms with Crippen LogP contribution in [-0.2, 0) is 0 Å². The first kappa shape index (κ1) is 7.89. The van der Waals surface area contributed by atoms with Gasteiger partial charge in [-0.05, 0) is 22.9 Å². The lowest BCUT2D eigenvalue weighted by molar-refractivity contribution is 1.22. The Morgan fingerprint density at radius 1 is 0.929 bits per heavy atom. The van der Waals surface area contributed by atoms with Crippen molar-refractivity contribution in [3.8, 4) is 0 Å². The quantitative estimate of drug-likeness (QED) is 0.522. The molecule has 0 aliphatic rings. The number of hydrogen-bond acceptors (Lipinski definition) is 0. The molecule has 0 atom stereocenters. The number of halogens is 1. The molecule has 0 bridgehead atoms. The summed E-state index contributed by atoms with van der Waals surface area (Å²) in [6, 6.07) is 12.4. The summed E-state index contributed by atoms with van der Waals surface area (Å²) < 4.78 is 2.05. The molecule has 0 amide bonds. The molecule has 0 radical (unpaired) electrons. The number of pyridine rings is 1. The van der Waals surface area contributed by atoms with E-state index < -0.39 is 0 Å². The average Bonchev–Trinajstić information content (AvgIpc) is 2.53. The second kappa shape index (κ2) is 2.76. The summed E-state index contributed by atoms with van der Waals surface area (Å²) in [6.07, 6.45) is 4.01. The standard InChI is InChI=1S/C12H8ClN/c13-11-6-12-5-9-3-1-2-4-10(9)7-14(12)8-11/h1-8H. The van der Waals surface area contributed by atoms with Crippen LogP contribution in [0, 0.1) is 0 Å². The predicted molar refractivity (Wildman–Crippen MR) is 59.9 cm³/mol. The van der Waals surface area contributed by atoms with Crippen molar-refractivity contribution >= 4 is 27.9 Å². The average molecular weight is 202 g/mol. The van der Waals surface area contributed by atoms with E-state index >= 15 is 0 Å². The fraction of sp³-hybridized carbons (Fsp3) is 0. The van der Waals surface area contributed by atoms with Crippen LogP contribution >= 0.6 is 11.6 Å². The minimum atomic E-state index is 0.778. The summed E-state index contributed by atoms with van der Waals surface area (Å²) >= 11 is 5.93. The maximum Gasteiger partial charge on any atom is 0.0592 e. The normalized spacial score (nSPS) is 11.2. The van der Waals surface area contributed by atoms with Gasteiger partial charge in [0.15, 0.2) is 0 Å². The molecule has 0 saturated carbocycles. The third kappa shape index (κ3) is 1.10. The second-order valence-electron chi connectivity index (χ2n) is 3.39. The molecule has 0 unspecified atom stereocenters. The lowest BCUT2D eigenvalue weighted by Gasteiger charge is -1.99. The molecular weight excluding hydrogens is 194 g/mol. The van der Waals surface area contributed by atoms with E-state index in [2.05, 4.69) is 24.4 Å².